The summed E-state index contributed by atoms with van der Waals surface area (Å²) in [5.74, 6) is 1.14. The molecule has 0 aliphatic carbocycles. The highest BCUT2D eigenvalue weighted by Crippen LogP contribution is 2.48. The van der Waals surface area contributed by atoms with Crippen LogP contribution in [-0.4, -0.2) is 5.11 Å². The van der Waals surface area contributed by atoms with E-state index in [0.717, 1.165) is 16.7 Å². The number of phenolic OH excluding ortho intramolecular Hbond substituents is 1. The average molecular weight is 455 g/mol. The molecule has 0 heterocycles. The molecule has 0 aromatic heterocycles. The molecule has 4 nitrogen and oxygen atoms in total. The molecule has 0 radical (unpaired) electrons. The van der Waals surface area contributed by atoms with Crippen LogP contribution >= 0.6 is 0 Å². The van der Waals surface area contributed by atoms with E-state index in [1.165, 1.54) is 0 Å². The predicted molar refractivity (Wildman–Crippen MR) is 135 cm³/mol. The van der Waals surface area contributed by atoms with Crippen molar-refractivity contribution in [3.05, 3.63) is 120 Å². The van der Waals surface area contributed by atoms with Crippen molar-refractivity contribution in [2.45, 2.75) is 39.1 Å². The molecule has 34 heavy (non-hydrogen) atoms. The van der Waals surface area contributed by atoms with Crippen molar-refractivity contribution >= 4 is 0 Å². The van der Waals surface area contributed by atoms with E-state index in [1.807, 2.05) is 112 Å². The summed E-state index contributed by atoms with van der Waals surface area (Å²) in [6.07, 6.45) is -0.811. The molecule has 0 bridgehead atoms. The molecular formula is C30H30O4. The lowest BCUT2D eigenvalue weighted by Gasteiger charge is -2.25. The van der Waals surface area contributed by atoms with Crippen LogP contribution in [0.5, 0.6) is 23.0 Å². The van der Waals surface area contributed by atoms with Gasteiger partial charge in [-0.05, 0) is 49.6 Å². The van der Waals surface area contributed by atoms with E-state index < -0.39 is 0 Å². The van der Waals surface area contributed by atoms with Gasteiger partial charge in [0.05, 0.1) is 0 Å². The summed E-state index contributed by atoms with van der Waals surface area (Å²) in [4.78, 5) is 0. The number of hydrogen-bond acceptors (Lipinski definition) is 4. The third kappa shape index (κ3) is 5.52. The summed E-state index contributed by atoms with van der Waals surface area (Å²) in [6.45, 7) is 5.90. The van der Waals surface area contributed by atoms with Gasteiger partial charge in [0.1, 0.15) is 18.3 Å². The Morgan fingerprint density at radius 1 is 0.471 bits per heavy atom. The molecule has 0 spiro atoms. The Labute approximate surface area is 201 Å². The van der Waals surface area contributed by atoms with E-state index >= 15 is 0 Å². The minimum Gasteiger partial charge on any atom is -0.504 e. The highest BCUT2D eigenvalue weighted by atomic mass is 16.6. The van der Waals surface area contributed by atoms with Crippen molar-refractivity contribution in [2.75, 3.05) is 0 Å². The summed E-state index contributed by atoms with van der Waals surface area (Å²) in [6, 6.07) is 33.1. The molecule has 0 amide bonds. The molecule has 3 unspecified atom stereocenters. The zero-order valence-corrected chi connectivity index (χ0v) is 19.7. The maximum atomic E-state index is 10.8. The van der Waals surface area contributed by atoms with Crippen molar-refractivity contribution in [2.24, 2.45) is 0 Å². The highest BCUT2D eigenvalue weighted by molar-refractivity contribution is 5.59. The maximum Gasteiger partial charge on any atom is 0.208 e. The van der Waals surface area contributed by atoms with Gasteiger partial charge in [-0.25, -0.2) is 0 Å². The van der Waals surface area contributed by atoms with Gasteiger partial charge in [-0.1, -0.05) is 91.0 Å². The second kappa shape index (κ2) is 10.8. The lowest BCUT2D eigenvalue weighted by Crippen LogP contribution is -2.10. The fourth-order valence-electron chi connectivity index (χ4n) is 3.77. The lowest BCUT2D eigenvalue weighted by molar-refractivity contribution is 0.158. The van der Waals surface area contributed by atoms with Gasteiger partial charge < -0.3 is 19.3 Å². The molecule has 0 saturated carbocycles. The van der Waals surface area contributed by atoms with Gasteiger partial charge in [0.2, 0.25) is 11.5 Å². The van der Waals surface area contributed by atoms with Gasteiger partial charge in [0.15, 0.2) is 11.5 Å². The molecule has 174 valence electrons. The van der Waals surface area contributed by atoms with E-state index in [9.17, 15) is 5.11 Å². The van der Waals surface area contributed by atoms with Crippen molar-refractivity contribution in [1.29, 1.82) is 0 Å². The lowest BCUT2D eigenvalue weighted by atomic mass is 10.1. The first-order valence-corrected chi connectivity index (χ1v) is 11.5. The van der Waals surface area contributed by atoms with Crippen molar-refractivity contribution < 1.29 is 19.3 Å². The Kier molecular flexibility index (Phi) is 7.38. The fraction of sp³-hybridized carbons (Fsp3) is 0.200. The molecule has 4 aromatic carbocycles. The SMILES string of the molecule is CC(Oc1ccc(O)c(OC(C)c2ccccc2)c1OC(C)c1ccccc1)c1ccccc1. The molecule has 1 N–H and O–H groups in total. The van der Waals surface area contributed by atoms with Gasteiger partial charge in [-0.15, -0.1) is 0 Å². The average Bonchev–Trinajstić information content (AvgIpc) is 2.89. The second-order valence-electron chi connectivity index (χ2n) is 8.25. The van der Waals surface area contributed by atoms with Gasteiger partial charge >= 0.3 is 0 Å². The molecule has 0 aliphatic heterocycles. The number of ether oxygens (including phenoxy) is 3. The standard InChI is InChI=1S/C30H30O4/c1-21(24-13-7-4-8-14-24)32-28-20-19-27(31)29(33-22(2)25-15-9-5-10-16-25)30(28)34-23(3)26-17-11-6-12-18-26/h4-23,31H,1-3H3. The van der Waals surface area contributed by atoms with Crippen LogP contribution in [0.15, 0.2) is 103 Å². The van der Waals surface area contributed by atoms with Crippen LogP contribution in [0.1, 0.15) is 55.8 Å². The fourth-order valence-corrected chi connectivity index (χ4v) is 3.77. The van der Waals surface area contributed by atoms with Gasteiger partial charge in [0, 0.05) is 0 Å². The van der Waals surface area contributed by atoms with Gasteiger partial charge in [-0.3, -0.25) is 0 Å². The smallest absolute Gasteiger partial charge is 0.208 e. The molecule has 4 heteroatoms. The quantitative estimate of drug-likeness (QED) is 0.280. The maximum absolute atomic E-state index is 10.8. The molecule has 3 atom stereocenters. The Morgan fingerprint density at radius 3 is 1.29 bits per heavy atom. The van der Waals surface area contributed by atoms with E-state index in [-0.39, 0.29) is 29.8 Å². The molecule has 0 fully saturated rings. The van der Waals surface area contributed by atoms with E-state index in [2.05, 4.69) is 0 Å². The van der Waals surface area contributed by atoms with E-state index in [1.54, 1.807) is 12.1 Å². The van der Waals surface area contributed by atoms with Crippen LogP contribution in [0.25, 0.3) is 0 Å². The normalized spacial score (nSPS) is 13.5. The molecule has 4 rings (SSSR count). The monoisotopic (exact) mass is 454 g/mol. The van der Waals surface area contributed by atoms with E-state index in [4.69, 9.17) is 14.2 Å². The number of hydrogen-bond donors (Lipinski definition) is 1. The third-order valence-electron chi connectivity index (χ3n) is 5.76. The number of aromatic hydroxyl groups is 1. The van der Waals surface area contributed by atoms with Crippen LogP contribution in [0.3, 0.4) is 0 Å². The van der Waals surface area contributed by atoms with Gasteiger partial charge in [-0.2, -0.15) is 0 Å². The molecule has 4 aromatic rings. The summed E-state index contributed by atoms with van der Waals surface area (Å²) < 4.78 is 19.0. The first-order chi connectivity index (χ1) is 16.5. The second-order valence-corrected chi connectivity index (χ2v) is 8.25. The summed E-state index contributed by atoms with van der Waals surface area (Å²) >= 11 is 0. The molecule has 0 aliphatic rings. The van der Waals surface area contributed by atoms with Crippen LogP contribution in [-0.2, 0) is 0 Å². The predicted octanol–water partition coefficient (Wildman–Crippen LogP) is 7.81. The number of phenols is 1. The van der Waals surface area contributed by atoms with Crippen molar-refractivity contribution in [3.63, 3.8) is 0 Å². The summed E-state index contributed by atoms with van der Waals surface area (Å²) in [7, 11) is 0. The largest absolute Gasteiger partial charge is 0.504 e. The van der Waals surface area contributed by atoms with Gasteiger partial charge in [0.25, 0.3) is 0 Å². The number of benzene rings is 4. The van der Waals surface area contributed by atoms with Crippen LogP contribution in [0, 0.1) is 0 Å². The van der Waals surface area contributed by atoms with Crippen molar-refractivity contribution in [1.82, 2.24) is 0 Å². The summed E-state index contributed by atoms with van der Waals surface area (Å²) in [5, 5.41) is 10.8. The van der Waals surface area contributed by atoms with Crippen LogP contribution in [0.4, 0.5) is 0 Å². The Morgan fingerprint density at radius 2 is 0.853 bits per heavy atom. The first-order valence-electron chi connectivity index (χ1n) is 11.5. The Hall–Kier alpha value is -3.92. The van der Waals surface area contributed by atoms with E-state index in [0.29, 0.717) is 11.5 Å². The topological polar surface area (TPSA) is 47.9 Å². The Balaban J connectivity index is 1.70. The third-order valence-corrected chi connectivity index (χ3v) is 5.76. The minimum absolute atomic E-state index is 0.00208. The zero-order valence-electron chi connectivity index (χ0n) is 19.7. The highest BCUT2D eigenvalue weighted by Gasteiger charge is 2.24. The number of rotatable bonds is 9. The first kappa shape index (κ1) is 23.2. The van der Waals surface area contributed by atoms with Crippen LogP contribution in [0.2, 0.25) is 0 Å². The van der Waals surface area contributed by atoms with Crippen molar-refractivity contribution in [3.8, 4) is 23.0 Å². The summed E-state index contributed by atoms with van der Waals surface area (Å²) in [5.41, 5.74) is 3.04. The molecule has 0 saturated heterocycles. The molecular weight excluding hydrogens is 424 g/mol. The van der Waals surface area contributed by atoms with Crippen LogP contribution < -0.4 is 14.2 Å². The minimum atomic E-state index is -0.303. The Bertz CT molecular complexity index is 1180. The zero-order chi connectivity index (χ0) is 23.9.